The molecule has 4 heteroatoms. The summed E-state index contributed by atoms with van der Waals surface area (Å²) in [4.78, 5) is 19.8. The van der Waals surface area contributed by atoms with Crippen LogP contribution in [0.25, 0.3) is 0 Å². The lowest BCUT2D eigenvalue weighted by Gasteiger charge is -1.92. The number of hydrogen-bond acceptors (Lipinski definition) is 2. The molecule has 0 aromatic rings. The predicted molar refractivity (Wildman–Crippen MR) is 61.4 cm³/mol. The number of carboxylic acid groups (broad SMARTS) is 2. The molecule has 0 saturated heterocycles. The molecule has 0 atom stereocenters. The molecule has 94 valence electrons. The summed E-state index contributed by atoms with van der Waals surface area (Å²) in [5.41, 5.74) is 0. The van der Waals surface area contributed by atoms with E-state index in [-0.39, 0.29) is 12.8 Å². The first-order chi connectivity index (χ1) is 7.56. The summed E-state index contributed by atoms with van der Waals surface area (Å²) >= 11 is 0. The molecule has 0 heterocycles. The second-order valence-electron chi connectivity index (χ2n) is 4.23. The minimum Gasteiger partial charge on any atom is -0.481 e. The van der Waals surface area contributed by atoms with Crippen molar-refractivity contribution in [1.29, 1.82) is 0 Å². The smallest absolute Gasteiger partial charge is 0.303 e. The van der Waals surface area contributed by atoms with Gasteiger partial charge >= 0.3 is 11.9 Å². The lowest BCUT2D eigenvalue weighted by atomic mass is 10.2. The maximum Gasteiger partial charge on any atom is 0.303 e. The zero-order valence-electron chi connectivity index (χ0n) is 9.95. The second-order valence-corrected chi connectivity index (χ2v) is 4.23. The van der Waals surface area contributed by atoms with Crippen LogP contribution in [-0.4, -0.2) is 22.2 Å². The van der Waals surface area contributed by atoms with Gasteiger partial charge in [0.2, 0.25) is 0 Å². The quantitative estimate of drug-likeness (QED) is 0.659. The van der Waals surface area contributed by atoms with Gasteiger partial charge in [0, 0.05) is 12.8 Å². The highest BCUT2D eigenvalue weighted by Gasteiger charge is 2.18. The molecule has 1 aliphatic carbocycles. The van der Waals surface area contributed by atoms with E-state index in [4.69, 9.17) is 10.2 Å². The summed E-state index contributed by atoms with van der Waals surface area (Å²) in [5.74, 6) is -0.592. The lowest BCUT2D eigenvalue weighted by molar-refractivity contribution is -0.139. The molecule has 0 spiro atoms. The van der Waals surface area contributed by atoms with Gasteiger partial charge in [0.15, 0.2) is 0 Å². The van der Waals surface area contributed by atoms with E-state index in [9.17, 15) is 9.59 Å². The number of hydrogen-bond donors (Lipinski definition) is 2. The van der Waals surface area contributed by atoms with Gasteiger partial charge in [-0.1, -0.05) is 32.6 Å². The summed E-state index contributed by atoms with van der Waals surface area (Å²) in [6.07, 6.45) is 6.94. The van der Waals surface area contributed by atoms with Crippen LogP contribution in [0.1, 0.15) is 58.3 Å². The molecule has 4 nitrogen and oxygen atoms in total. The van der Waals surface area contributed by atoms with E-state index in [0.717, 1.165) is 5.92 Å². The summed E-state index contributed by atoms with van der Waals surface area (Å²) in [5, 5.41) is 16.3. The third kappa shape index (κ3) is 12.9. The van der Waals surface area contributed by atoms with Crippen LogP contribution in [-0.2, 0) is 9.59 Å². The normalized spacial score (nSPS) is 13.8. The summed E-state index contributed by atoms with van der Waals surface area (Å²) in [6, 6.07) is 0. The second kappa shape index (κ2) is 9.19. The Morgan fingerprint density at radius 3 is 1.69 bits per heavy atom. The Labute approximate surface area is 96.7 Å². The molecule has 1 rings (SSSR count). The van der Waals surface area contributed by atoms with Crippen molar-refractivity contribution >= 4 is 11.9 Å². The van der Waals surface area contributed by atoms with Crippen LogP contribution in [0.2, 0.25) is 0 Å². The number of aliphatic carboxylic acids is 2. The molecule has 0 aromatic carbocycles. The number of rotatable bonds is 7. The molecule has 0 bridgehead atoms. The average molecular weight is 230 g/mol. The van der Waals surface area contributed by atoms with Crippen molar-refractivity contribution in [2.24, 2.45) is 5.92 Å². The summed E-state index contributed by atoms with van der Waals surface area (Å²) in [7, 11) is 0. The Kier molecular flexibility index (Phi) is 8.58. The molecule has 0 unspecified atom stereocenters. The van der Waals surface area contributed by atoms with Gasteiger partial charge in [0.25, 0.3) is 0 Å². The van der Waals surface area contributed by atoms with E-state index in [1.807, 2.05) is 0 Å². The third-order valence-corrected chi connectivity index (χ3v) is 2.43. The Morgan fingerprint density at radius 1 is 1.06 bits per heavy atom. The van der Waals surface area contributed by atoms with Crippen molar-refractivity contribution in [2.45, 2.75) is 58.3 Å². The third-order valence-electron chi connectivity index (χ3n) is 2.43. The fraction of sp³-hybridized carbons (Fsp3) is 0.833. The number of carboxylic acids is 2. The van der Waals surface area contributed by atoms with E-state index in [2.05, 4.69) is 6.92 Å². The van der Waals surface area contributed by atoms with E-state index < -0.39 is 11.9 Å². The minimum absolute atomic E-state index is 0.0628. The molecule has 0 radical (unpaired) electrons. The molecule has 1 aliphatic rings. The van der Waals surface area contributed by atoms with E-state index in [0.29, 0.717) is 12.8 Å². The standard InChI is InChI=1S/C6H10O4.C6H12/c7-5(8)3-1-2-4-6(9)10;1-2-3-6-4-5-6/h1-4H2,(H,7,8)(H,9,10);6H,2-5H2,1H3. The average Bonchev–Trinajstić information content (AvgIpc) is 2.97. The Balaban J connectivity index is 0.000000315. The van der Waals surface area contributed by atoms with E-state index >= 15 is 0 Å². The Morgan fingerprint density at radius 2 is 1.50 bits per heavy atom. The molecule has 1 saturated carbocycles. The van der Waals surface area contributed by atoms with E-state index in [1.165, 1.54) is 25.7 Å². The van der Waals surface area contributed by atoms with Crippen LogP contribution in [0.5, 0.6) is 0 Å². The van der Waals surface area contributed by atoms with Crippen molar-refractivity contribution in [2.75, 3.05) is 0 Å². The highest BCUT2D eigenvalue weighted by atomic mass is 16.4. The Bertz CT molecular complexity index is 193. The molecule has 0 amide bonds. The van der Waals surface area contributed by atoms with Crippen LogP contribution in [0.4, 0.5) is 0 Å². The number of unbranched alkanes of at least 4 members (excludes halogenated alkanes) is 1. The first-order valence-corrected chi connectivity index (χ1v) is 5.99. The van der Waals surface area contributed by atoms with Crippen molar-refractivity contribution in [3.8, 4) is 0 Å². The lowest BCUT2D eigenvalue weighted by Crippen LogP contribution is -1.97. The molecular weight excluding hydrogens is 208 g/mol. The van der Waals surface area contributed by atoms with Crippen LogP contribution >= 0.6 is 0 Å². The Hall–Kier alpha value is -1.06. The minimum atomic E-state index is -0.870. The molecule has 16 heavy (non-hydrogen) atoms. The highest BCUT2D eigenvalue weighted by Crippen LogP contribution is 2.32. The van der Waals surface area contributed by atoms with Gasteiger partial charge in [-0.15, -0.1) is 0 Å². The zero-order chi connectivity index (χ0) is 12.4. The maximum absolute atomic E-state index is 9.90. The fourth-order valence-electron chi connectivity index (χ4n) is 1.37. The van der Waals surface area contributed by atoms with Crippen LogP contribution in [0, 0.1) is 5.92 Å². The molecule has 0 aliphatic heterocycles. The number of carbonyl (C=O) groups is 2. The maximum atomic E-state index is 9.90. The first kappa shape index (κ1) is 14.9. The SMILES string of the molecule is CCCC1CC1.O=C(O)CCCCC(=O)O. The van der Waals surface area contributed by atoms with Crippen molar-refractivity contribution < 1.29 is 19.8 Å². The molecular formula is C12H22O4. The summed E-state index contributed by atoms with van der Waals surface area (Å²) < 4.78 is 0. The van der Waals surface area contributed by atoms with Gasteiger partial charge < -0.3 is 10.2 Å². The van der Waals surface area contributed by atoms with Gasteiger partial charge in [0.1, 0.15) is 0 Å². The van der Waals surface area contributed by atoms with Gasteiger partial charge in [-0.3, -0.25) is 9.59 Å². The van der Waals surface area contributed by atoms with Crippen LogP contribution in [0.15, 0.2) is 0 Å². The summed E-state index contributed by atoms with van der Waals surface area (Å²) in [6.45, 7) is 2.26. The zero-order valence-corrected chi connectivity index (χ0v) is 9.95. The van der Waals surface area contributed by atoms with Crippen molar-refractivity contribution in [3.63, 3.8) is 0 Å². The van der Waals surface area contributed by atoms with Gasteiger partial charge in [-0.05, 0) is 18.8 Å². The predicted octanol–water partition coefficient (Wildman–Crippen LogP) is 2.91. The largest absolute Gasteiger partial charge is 0.481 e. The van der Waals surface area contributed by atoms with Crippen LogP contribution in [0.3, 0.4) is 0 Å². The monoisotopic (exact) mass is 230 g/mol. The topological polar surface area (TPSA) is 74.6 Å². The molecule has 0 aromatic heterocycles. The van der Waals surface area contributed by atoms with Crippen molar-refractivity contribution in [3.05, 3.63) is 0 Å². The fourth-order valence-corrected chi connectivity index (χ4v) is 1.37. The van der Waals surface area contributed by atoms with Gasteiger partial charge in [-0.2, -0.15) is 0 Å². The molecule has 2 N–H and O–H groups in total. The highest BCUT2D eigenvalue weighted by molar-refractivity contribution is 5.67. The first-order valence-electron chi connectivity index (χ1n) is 5.99. The van der Waals surface area contributed by atoms with E-state index in [1.54, 1.807) is 0 Å². The van der Waals surface area contributed by atoms with Gasteiger partial charge in [-0.25, -0.2) is 0 Å². The van der Waals surface area contributed by atoms with Gasteiger partial charge in [0.05, 0.1) is 0 Å². The van der Waals surface area contributed by atoms with Crippen molar-refractivity contribution in [1.82, 2.24) is 0 Å². The van der Waals surface area contributed by atoms with Crippen LogP contribution < -0.4 is 0 Å². The molecule has 1 fully saturated rings.